The van der Waals surface area contributed by atoms with Crippen molar-refractivity contribution in [3.05, 3.63) is 89.6 Å². The molecule has 3 atom stereocenters. The van der Waals surface area contributed by atoms with Crippen molar-refractivity contribution >= 4 is 11.5 Å². The van der Waals surface area contributed by atoms with Gasteiger partial charge in [-0.05, 0) is 79.1 Å². The number of hydrazine groups is 1. The second-order valence-corrected chi connectivity index (χ2v) is 10.2. The minimum atomic E-state index is 0.0612. The van der Waals surface area contributed by atoms with Crippen molar-refractivity contribution in [2.24, 2.45) is 11.8 Å². The minimum Gasteiger partial charge on any atom is -0.489 e. The number of rotatable bonds is 13. The molecule has 4 rings (SSSR count). The normalized spacial score (nSPS) is 18.4. The number of aryl methyl sites for hydroxylation is 1. The number of carbonyl (C=O) groups is 1. The molecule has 1 fully saturated rings. The van der Waals surface area contributed by atoms with Gasteiger partial charge in [0.1, 0.15) is 18.1 Å². The number of ether oxygens (including phenoxy) is 2. The summed E-state index contributed by atoms with van der Waals surface area (Å²) in [5.41, 5.74) is 11.1. The summed E-state index contributed by atoms with van der Waals surface area (Å²) < 4.78 is 12.1. The van der Waals surface area contributed by atoms with Gasteiger partial charge in [-0.25, -0.2) is 10.4 Å². The van der Waals surface area contributed by atoms with Crippen LogP contribution in [0.25, 0.3) is 5.70 Å². The maximum Gasteiger partial charge on any atom is 0.219 e. The van der Waals surface area contributed by atoms with E-state index in [1.54, 1.807) is 13.1 Å². The van der Waals surface area contributed by atoms with Crippen molar-refractivity contribution in [1.82, 2.24) is 15.8 Å². The fraction of sp³-hybridized carbons (Fsp3) is 0.375. The Labute approximate surface area is 226 Å². The molecule has 1 heterocycles. The summed E-state index contributed by atoms with van der Waals surface area (Å²) in [6, 6.07) is 17.7. The van der Waals surface area contributed by atoms with Crippen LogP contribution in [0.4, 0.5) is 0 Å². The highest BCUT2D eigenvalue weighted by atomic mass is 16.5. The lowest BCUT2D eigenvalue weighted by Crippen LogP contribution is -2.53. The van der Waals surface area contributed by atoms with Crippen molar-refractivity contribution < 1.29 is 14.3 Å². The molecule has 200 valence electrons. The number of aromatic nitrogens is 1. The third kappa shape index (κ3) is 6.81. The molecule has 1 aromatic heterocycles. The van der Waals surface area contributed by atoms with Gasteiger partial charge in [0.25, 0.3) is 0 Å². The van der Waals surface area contributed by atoms with E-state index in [-0.39, 0.29) is 5.78 Å². The van der Waals surface area contributed by atoms with Crippen molar-refractivity contribution in [1.29, 1.82) is 0 Å². The van der Waals surface area contributed by atoms with Gasteiger partial charge in [-0.3, -0.25) is 4.79 Å². The lowest BCUT2D eigenvalue weighted by atomic mass is 9.69. The Morgan fingerprint density at radius 2 is 1.92 bits per heavy atom. The molecule has 38 heavy (non-hydrogen) atoms. The van der Waals surface area contributed by atoms with Gasteiger partial charge in [0.15, 0.2) is 5.78 Å². The standard InChI is InChI=1S/C32H39N3O3/c1-6-9-26-18-25(23(5)36)12-14-31(26)37-20-24-10-8-11-28(17-24)38-32-15-13-27(19-33-32)22(4)34-35-30-16-21(3)29(30)7-2/h8,10-15,17-19,21,29-30,34-35H,4,6-7,9,16,20H2,1-3,5H3. The predicted octanol–water partition coefficient (Wildman–Crippen LogP) is 7.11. The van der Waals surface area contributed by atoms with E-state index in [9.17, 15) is 4.79 Å². The number of hydrogen-bond acceptors (Lipinski definition) is 6. The highest BCUT2D eigenvalue weighted by Gasteiger charge is 2.36. The molecule has 0 aliphatic heterocycles. The van der Waals surface area contributed by atoms with E-state index in [4.69, 9.17) is 9.47 Å². The lowest BCUT2D eigenvalue weighted by molar-refractivity contribution is 0.101. The monoisotopic (exact) mass is 513 g/mol. The zero-order chi connectivity index (χ0) is 27.1. The zero-order valence-corrected chi connectivity index (χ0v) is 22.9. The fourth-order valence-electron chi connectivity index (χ4n) is 5.06. The third-order valence-corrected chi connectivity index (χ3v) is 7.34. The average molecular weight is 514 g/mol. The van der Waals surface area contributed by atoms with Crippen LogP contribution in [-0.4, -0.2) is 16.8 Å². The molecule has 0 saturated heterocycles. The molecular weight excluding hydrogens is 474 g/mol. The van der Waals surface area contributed by atoms with Gasteiger partial charge in [0, 0.05) is 29.4 Å². The molecule has 0 spiro atoms. The van der Waals surface area contributed by atoms with E-state index < -0.39 is 0 Å². The lowest BCUT2D eigenvalue weighted by Gasteiger charge is -2.43. The highest BCUT2D eigenvalue weighted by molar-refractivity contribution is 5.94. The van der Waals surface area contributed by atoms with Gasteiger partial charge in [-0.1, -0.05) is 52.3 Å². The third-order valence-electron chi connectivity index (χ3n) is 7.34. The topological polar surface area (TPSA) is 72.5 Å². The Bertz CT molecular complexity index is 1260. The van der Waals surface area contributed by atoms with Gasteiger partial charge in [-0.2, -0.15) is 0 Å². The molecule has 0 radical (unpaired) electrons. The van der Waals surface area contributed by atoms with Crippen molar-refractivity contribution in [2.45, 2.75) is 66.0 Å². The summed E-state index contributed by atoms with van der Waals surface area (Å²) in [6.07, 6.45) is 5.96. The average Bonchev–Trinajstić information content (AvgIpc) is 2.91. The summed E-state index contributed by atoms with van der Waals surface area (Å²) in [4.78, 5) is 16.2. The summed E-state index contributed by atoms with van der Waals surface area (Å²) >= 11 is 0. The van der Waals surface area contributed by atoms with Gasteiger partial charge < -0.3 is 14.9 Å². The number of carbonyl (C=O) groups excluding carboxylic acids is 1. The van der Waals surface area contributed by atoms with E-state index in [1.807, 2.05) is 54.6 Å². The largest absolute Gasteiger partial charge is 0.489 e. The molecule has 2 N–H and O–H groups in total. The van der Waals surface area contributed by atoms with Crippen molar-refractivity contribution in [3.63, 3.8) is 0 Å². The first-order chi connectivity index (χ1) is 18.4. The molecule has 2 aromatic carbocycles. The fourth-order valence-corrected chi connectivity index (χ4v) is 5.06. The minimum absolute atomic E-state index is 0.0612. The summed E-state index contributed by atoms with van der Waals surface area (Å²) in [5, 5.41) is 0. The maximum atomic E-state index is 11.8. The van der Waals surface area contributed by atoms with Crippen LogP contribution in [0.15, 0.2) is 67.4 Å². The van der Waals surface area contributed by atoms with Crippen LogP contribution < -0.4 is 20.3 Å². The van der Waals surface area contributed by atoms with Crippen LogP contribution in [-0.2, 0) is 13.0 Å². The van der Waals surface area contributed by atoms with Crippen LogP contribution in [0.1, 0.15) is 74.0 Å². The van der Waals surface area contributed by atoms with Crippen LogP contribution in [0.2, 0.25) is 0 Å². The number of pyridine rings is 1. The first-order valence-corrected chi connectivity index (χ1v) is 13.6. The Balaban J connectivity index is 1.32. The Hall–Kier alpha value is -3.64. The molecule has 6 heteroatoms. The second kappa shape index (κ2) is 12.7. The quantitative estimate of drug-likeness (QED) is 0.187. The first kappa shape index (κ1) is 27.4. The molecular formula is C32H39N3O3. The van der Waals surface area contributed by atoms with E-state index in [0.29, 0.717) is 35.8 Å². The van der Waals surface area contributed by atoms with Gasteiger partial charge in [0.05, 0.1) is 5.70 Å². The van der Waals surface area contributed by atoms with Gasteiger partial charge in [-0.15, -0.1) is 0 Å². The van der Waals surface area contributed by atoms with Gasteiger partial charge in [0.2, 0.25) is 5.88 Å². The first-order valence-electron chi connectivity index (χ1n) is 13.6. The Morgan fingerprint density at radius 1 is 1.11 bits per heavy atom. The Morgan fingerprint density at radius 3 is 2.61 bits per heavy atom. The molecule has 0 bridgehead atoms. The van der Waals surface area contributed by atoms with E-state index in [0.717, 1.165) is 46.9 Å². The molecule has 1 aliphatic carbocycles. The maximum absolute atomic E-state index is 11.8. The number of nitrogens with one attached hydrogen (secondary N) is 2. The highest BCUT2D eigenvalue weighted by Crippen LogP contribution is 2.36. The molecule has 6 nitrogen and oxygen atoms in total. The van der Waals surface area contributed by atoms with Crippen molar-refractivity contribution in [2.75, 3.05) is 0 Å². The number of ketones is 1. The van der Waals surface area contributed by atoms with E-state index in [1.165, 1.54) is 12.8 Å². The summed E-state index contributed by atoms with van der Waals surface area (Å²) in [6.45, 7) is 12.8. The Kier molecular flexibility index (Phi) is 9.19. The number of benzene rings is 2. The number of nitrogens with zero attached hydrogens (tertiary/aromatic N) is 1. The number of Topliss-reactive ketones (excluding diaryl/α,β-unsaturated/α-hetero) is 1. The van der Waals surface area contributed by atoms with Crippen LogP contribution in [0.3, 0.4) is 0 Å². The smallest absolute Gasteiger partial charge is 0.219 e. The predicted molar refractivity (Wildman–Crippen MR) is 152 cm³/mol. The second-order valence-electron chi connectivity index (χ2n) is 10.2. The van der Waals surface area contributed by atoms with E-state index in [2.05, 4.69) is 43.2 Å². The molecule has 1 aliphatic rings. The van der Waals surface area contributed by atoms with Crippen LogP contribution >= 0.6 is 0 Å². The molecule has 3 unspecified atom stereocenters. The van der Waals surface area contributed by atoms with Gasteiger partial charge >= 0.3 is 0 Å². The SMILES string of the molecule is C=C(NNC1CC(C)C1CC)c1ccc(Oc2cccc(COc3ccc(C(C)=O)cc3CCC)c2)nc1. The summed E-state index contributed by atoms with van der Waals surface area (Å²) in [5.74, 6) is 3.54. The summed E-state index contributed by atoms with van der Waals surface area (Å²) in [7, 11) is 0. The number of hydrogen-bond donors (Lipinski definition) is 2. The van der Waals surface area contributed by atoms with Crippen molar-refractivity contribution in [3.8, 4) is 17.4 Å². The molecule has 3 aromatic rings. The molecule has 1 saturated carbocycles. The van der Waals surface area contributed by atoms with Crippen LogP contribution in [0.5, 0.6) is 17.4 Å². The molecule has 0 amide bonds. The van der Waals surface area contributed by atoms with E-state index >= 15 is 0 Å². The van der Waals surface area contributed by atoms with Crippen LogP contribution in [0, 0.1) is 11.8 Å². The zero-order valence-electron chi connectivity index (χ0n) is 22.9.